The number of allylic oxidation sites excluding steroid dienone is 1. The molecule has 0 fully saturated rings. The third kappa shape index (κ3) is 4.59. The van der Waals surface area contributed by atoms with E-state index in [-0.39, 0.29) is 11.6 Å². The molecule has 0 N–H and O–H groups in total. The summed E-state index contributed by atoms with van der Waals surface area (Å²) >= 11 is 0. The maximum Gasteiger partial charge on any atom is 0.159 e. The smallest absolute Gasteiger partial charge is 0.159 e. The van der Waals surface area contributed by atoms with Gasteiger partial charge in [-0.2, -0.15) is 0 Å². The van der Waals surface area contributed by atoms with Crippen LogP contribution in [0.3, 0.4) is 0 Å². The van der Waals surface area contributed by atoms with Gasteiger partial charge in [0.25, 0.3) is 0 Å². The summed E-state index contributed by atoms with van der Waals surface area (Å²) in [5.74, 6) is -2.47. The van der Waals surface area contributed by atoms with Crippen LogP contribution in [0, 0.1) is 23.3 Å². The summed E-state index contributed by atoms with van der Waals surface area (Å²) in [6, 6.07) is 17.5. The summed E-state index contributed by atoms with van der Waals surface area (Å²) < 4.78 is 56.2. The summed E-state index contributed by atoms with van der Waals surface area (Å²) in [7, 11) is 0. The number of benzene rings is 4. The van der Waals surface area contributed by atoms with E-state index in [0.717, 1.165) is 30.5 Å². The van der Waals surface area contributed by atoms with Gasteiger partial charge in [-0.25, -0.2) is 17.6 Å². The average molecular weight is 434 g/mol. The van der Waals surface area contributed by atoms with Gasteiger partial charge in [0, 0.05) is 10.9 Å². The van der Waals surface area contributed by atoms with Crippen molar-refractivity contribution in [2.45, 2.75) is 25.7 Å². The van der Waals surface area contributed by atoms with Crippen LogP contribution in [0.25, 0.3) is 21.9 Å². The molecule has 0 radical (unpaired) electrons. The van der Waals surface area contributed by atoms with Crippen molar-refractivity contribution in [3.8, 4) is 11.1 Å². The van der Waals surface area contributed by atoms with Gasteiger partial charge in [-0.3, -0.25) is 0 Å². The van der Waals surface area contributed by atoms with Gasteiger partial charge in [-0.1, -0.05) is 48.5 Å². The molecule has 0 atom stereocenters. The molecular weight excluding hydrogens is 412 g/mol. The molecule has 0 unspecified atom stereocenters. The highest BCUT2D eigenvalue weighted by Crippen LogP contribution is 2.30. The first-order chi connectivity index (χ1) is 15.5. The molecule has 4 rings (SSSR count). The van der Waals surface area contributed by atoms with E-state index in [0.29, 0.717) is 45.9 Å². The second kappa shape index (κ2) is 9.39. The number of hydrogen-bond donors (Lipinski definition) is 0. The minimum absolute atomic E-state index is 0.311. The van der Waals surface area contributed by atoms with Gasteiger partial charge in [0.2, 0.25) is 0 Å². The van der Waals surface area contributed by atoms with Crippen molar-refractivity contribution < 1.29 is 17.6 Å². The van der Waals surface area contributed by atoms with Crippen molar-refractivity contribution in [1.29, 1.82) is 0 Å². The summed E-state index contributed by atoms with van der Waals surface area (Å²) in [5, 5.41) is 1.12. The fourth-order valence-electron chi connectivity index (χ4n) is 3.89. The Morgan fingerprint density at radius 2 is 1.41 bits per heavy atom. The van der Waals surface area contributed by atoms with Crippen LogP contribution in [-0.2, 0) is 19.3 Å². The van der Waals surface area contributed by atoms with Gasteiger partial charge in [0.15, 0.2) is 11.6 Å². The standard InChI is InChI=1S/C28H22F4/c1-2-3-4-18-6-12-23(26(30)15-18)21-11-13-24-22(17-21)10-9-20(28(24)32)8-5-19-7-14-25(29)27(31)16-19/h2,6-7,9-17H,1,3-5,8H2. The molecule has 32 heavy (non-hydrogen) atoms. The van der Waals surface area contributed by atoms with Crippen molar-refractivity contribution in [1.82, 2.24) is 0 Å². The Balaban J connectivity index is 1.58. The summed E-state index contributed by atoms with van der Waals surface area (Å²) in [4.78, 5) is 0. The summed E-state index contributed by atoms with van der Waals surface area (Å²) in [6.07, 6.45) is 4.07. The SMILES string of the molecule is C=CCCc1ccc(-c2ccc3c(F)c(CCc4ccc(F)c(F)c4)ccc3c2)c(F)c1. The second-order valence-electron chi connectivity index (χ2n) is 7.86. The Morgan fingerprint density at radius 1 is 0.656 bits per heavy atom. The zero-order chi connectivity index (χ0) is 22.7. The number of aryl methyl sites for hydroxylation is 3. The first kappa shape index (κ1) is 21.8. The number of fused-ring (bicyclic) bond motifs is 1. The number of hydrogen-bond acceptors (Lipinski definition) is 0. The maximum atomic E-state index is 15.1. The normalized spacial score (nSPS) is 11.1. The molecule has 0 saturated carbocycles. The van der Waals surface area contributed by atoms with Crippen LogP contribution >= 0.6 is 0 Å². The molecule has 0 nitrogen and oxygen atoms in total. The quantitative estimate of drug-likeness (QED) is 0.204. The molecule has 0 aliphatic rings. The van der Waals surface area contributed by atoms with Crippen molar-refractivity contribution in [2.75, 3.05) is 0 Å². The Labute approximate surface area is 184 Å². The van der Waals surface area contributed by atoms with E-state index in [1.165, 1.54) is 12.1 Å². The van der Waals surface area contributed by atoms with Crippen LogP contribution in [-0.4, -0.2) is 0 Å². The summed E-state index contributed by atoms with van der Waals surface area (Å²) in [6.45, 7) is 3.69. The van der Waals surface area contributed by atoms with Crippen LogP contribution in [0.4, 0.5) is 17.6 Å². The Bertz CT molecular complexity index is 1290. The lowest BCUT2D eigenvalue weighted by molar-refractivity contribution is 0.507. The predicted octanol–water partition coefficient (Wildman–Crippen LogP) is 7.97. The van der Waals surface area contributed by atoms with Crippen LogP contribution in [0.1, 0.15) is 23.1 Å². The first-order valence-electron chi connectivity index (χ1n) is 10.5. The van der Waals surface area contributed by atoms with E-state index in [9.17, 15) is 13.2 Å². The molecule has 4 aromatic carbocycles. The maximum absolute atomic E-state index is 15.1. The van der Waals surface area contributed by atoms with Gasteiger partial charge < -0.3 is 0 Å². The molecule has 0 heterocycles. The molecule has 4 heteroatoms. The van der Waals surface area contributed by atoms with E-state index in [4.69, 9.17) is 0 Å². The fourth-order valence-corrected chi connectivity index (χ4v) is 3.89. The van der Waals surface area contributed by atoms with E-state index >= 15 is 4.39 Å². The summed E-state index contributed by atoms with van der Waals surface area (Å²) in [5.41, 5.74) is 3.15. The largest absolute Gasteiger partial charge is 0.206 e. The number of rotatable bonds is 7. The van der Waals surface area contributed by atoms with Crippen molar-refractivity contribution in [3.63, 3.8) is 0 Å². The Morgan fingerprint density at radius 3 is 2.16 bits per heavy atom. The highest BCUT2D eigenvalue weighted by atomic mass is 19.2. The topological polar surface area (TPSA) is 0 Å². The minimum atomic E-state index is -0.907. The molecule has 0 spiro atoms. The molecule has 0 amide bonds. The van der Waals surface area contributed by atoms with Crippen LogP contribution < -0.4 is 0 Å². The lowest BCUT2D eigenvalue weighted by Gasteiger charge is -2.10. The van der Waals surface area contributed by atoms with Crippen LogP contribution in [0.2, 0.25) is 0 Å². The molecule has 0 aliphatic heterocycles. The average Bonchev–Trinajstić information content (AvgIpc) is 2.79. The monoisotopic (exact) mass is 434 g/mol. The molecule has 0 saturated heterocycles. The highest BCUT2D eigenvalue weighted by molar-refractivity contribution is 5.88. The van der Waals surface area contributed by atoms with Crippen molar-refractivity contribution in [3.05, 3.63) is 119 Å². The van der Waals surface area contributed by atoms with E-state index < -0.39 is 11.6 Å². The van der Waals surface area contributed by atoms with Gasteiger partial charge in [-0.05, 0) is 77.6 Å². The molecule has 4 aromatic rings. The number of halogens is 4. The zero-order valence-corrected chi connectivity index (χ0v) is 17.5. The van der Waals surface area contributed by atoms with Crippen molar-refractivity contribution in [2.24, 2.45) is 0 Å². The third-order valence-electron chi connectivity index (χ3n) is 5.68. The van der Waals surface area contributed by atoms with E-state index in [1.54, 1.807) is 42.5 Å². The Hall–Kier alpha value is -3.40. The molecule has 0 bridgehead atoms. The zero-order valence-electron chi connectivity index (χ0n) is 17.5. The second-order valence-corrected chi connectivity index (χ2v) is 7.86. The molecule has 0 aromatic heterocycles. The van der Waals surface area contributed by atoms with Gasteiger partial charge in [0.1, 0.15) is 11.6 Å². The van der Waals surface area contributed by atoms with E-state index in [1.807, 2.05) is 6.07 Å². The molecule has 0 aliphatic carbocycles. The van der Waals surface area contributed by atoms with Gasteiger partial charge in [0.05, 0.1) is 0 Å². The van der Waals surface area contributed by atoms with Crippen molar-refractivity contribution >= 4 is 10.8 Å². The van der Waals surface area contributed by atoms with Gasteiger partial charge >= 0.3 is 0 Å². The fraction of sp³-hybridized carbons (Fsp3) is 0.143. The van der Waals surface area contributed by atoms with Gasteiger partial charge in [-0.15, -0.1) is 6.58 Å². The minimum Gasteiger partial charge on any atom is -0.206 e. The van der Waals surface area contributed by atoms with Crippen LogP contribution in [0.15, 0.2) is 79.4 Å². The first-order valence-corrected chi connectivity index (χ1v) is 10.5. The lowest BCUT2D eigenvalue weighted by Crippen LogP contribution is -1.97. The third-order valence-corrected chi connectivity index (χ3v) is 5.68. The predicted molar refractivity (Wildman–Crippen MR) is 122 cm³/mol. The Kier molecular flexibility index (Phi) is 6.40. The lowest BCUT2D eigenvalue weighted by atomic mass is 9.96. The van der Waals surface area contributed by atoms with Crippen LogP contribution in [0.5, 0.6) is 0 Å². The molecular formula is C28H22F4. The molecule has 162 valence electrons. The highest BCUT2D eigenvalue weighted by Gasteiger charge is 2.12. The van der Waals surface area contributed by atoms with E-state index in [2.05, 4.69) is 6.58 Å².